The smallest absolute Gasteiger partial charge is 0.255 e. The predicted molar refractivity (Wildman–Crippen MR) is 101 cm³/mol. The van der Waals surface area contributed by atoms with Gasteiger partial charge in [-0.1, -0.05) is 25.7 Å². The van der Waals surface area contributed by atoms with Crippen LogP contribution in [0.3, 0.4) is 0 Å². The molecule has 138 valence electrons. The first-order valence-corrected chi connectivity index (χ1v) is 9.54. The minimum Gasteiger partial charge on any atom is -0.371 e. The van der Waals surface area contributed by atoms with Gasteiger partial charge in [0.25, 0.3) is 5.56 Å². The zero-order valence-electron chi connectivity index (χ0n) is 15.4. The summed E-state index contributed by atoms with van der Waals surface area (Å²) < 4.78 is 7.91. The molecule has 0 unspecified atom stereocenters. The van der Waals surface area contributed by atoms with E-state index in [2.05, 4.69) is 9.88 Å². The van der Waals surface area contributed by atoms with E-state index in [0.717, 1.165) is 37.4 Å². The van der Waals surface area contributed by atoms with Crippen molar-refractivity contribution in [2.24, 2.45) is 7.05 Å². The lowest BCUT2D eigenvalue weighted by Gasteiger charge is -2.43. The van der Waals surface area contributed by atoms with Crippen molar-refractivity contribution >= 4 is 5.95 Å². The molecule has 26 heavy (non-hydrogen) atoms. The molecule has 1 spiro atoms. The largest absolute Gasteiger partial charge is 0.371 e. The van der Waals surface area contributed by atoms with Gasteiger partial charge in [-0.05, 0) is 25.0 Å². The summed E-state index contributed by atoms with van der Waals surface area (Å²) in [4.78, 5) is 23.7. The first-order valence-electron chi connectivity index (χ1n) is 9.54. The van der Waals surface area contributed by atoms with E-state index in [0.29, 0.717) is 12.3 Å². The van der Waals surface area contributed by atoms with Gasteiger partial charge < -0.3 is 9.64 Å². The van der Waals surface area contributed by atoms with E-state index in [4.69, 9.17) is 9.72 Å². The van der Waals surface area contributed by atoms with Crippen LogP contribution in [0.1, 0.15) is 38.5 Å². The molecular formula is C20H26N4O2. The molecule has 3 heterocycles. The number of rotatable bonds is 2. The monoisotopic (exact) mass is 354 g/mol. The summed E-state index contributed by atoms with van der Waals surface area (Å²) in [6.07, 6.45) is 10.7. The van der Waals surface area contributed by atoms with E-state index in [1.54, 1.807) is 30.1 Å². The predicted octanol–water partition coefficient (Wildman–Crippen LogP) is 2.77. The molecule has 6 nitrogen and oxygen atoms in total. The standard InChI is InChI=1S/C20H26N4O2/c1-23-18(25)14-17(16-6-10-21-11-7-16)22-19(23)24-12-13-26-20(15-24)8-4-2-3-5-9-20/h6-7,10-11,14H,2-5,8-9,12-13,15H2,1H3. The van der Waals surface area contributed by atoms with Crippen molar-refractivity contribution in [2.75, 3.05) is 24.6 Å². The second kappa shape index (κ2) is 7.19. The maximum absolute atomic E-state index is 12.5. The number of ether oxygens (including phenoxy) is 1. The molecule has 1 saturated heterocycles. The lowest BCUT2D eigenvalue weighted by molar-refractivity contribution is -0.0658. The topological polar surface area (TPSA) is 60.2 Å². The molecule has 0 amide bonds. The van der Waals surface area contributed by atoms with Gasteiger partial charge in [-0.3, -0.25) is 14.3 Å². The van der Waals surface area contributed by atoms with Crippen LogP contribution in [0.15, 0.2) is 35.4 Å². The Morgan fingerprint density at radius 1 is 1.12 bits per heavy atom. The van der Waals surface area contributed by atoms with Crippen LogP contribution in [0, 0.1) is 0 Å². The number of aromatic nitrogens is 3. The van der Waals surface area contributed by atoms with Crippen molar-refractivity contribution in [3.63, 3.8) is 0 Å². The van der Waals surface area contributed by atoms with Gasteiger partial charge in [0.15, 0.2) is 0 Å². The molecule has 0 bridgehead atoms. The van der Waals surface area contributed by atoms with Gasteiger partial charge in [-0.2, -0.15) is 0 Å². The summed E-state index contributed by atoms with van der Waals surface area (Å²) in [6, 6.07) is 5.37. The molecule has 0 radical (unpaired) electrons. The molecule has 2 aromatic rings. The van der Waals surface area contributed by atoms with Crippen molar-refractivity contribution in [3.05, 3.63) is 40.9 Å². The average Bonchev–Trinajstić information content (AvgIpc) is 2.90. The Balaban J connectivity index is 1.68. The van der Waals surface area contributed by atoms with Crippen molar-refractivity contribution in [3.8, 4) is 11.3 Å². The Kier molecular flexibility index (Phi) is 4.76. The van der Waals surface area contributed by atoms with E-state index in [1.165, 1.54) is 25.7 Å². The highest BCUT2D eigenvalue weighted by Crippen LogP contribution is 2.34. The van der Waals surface area contributed by atoms with Crippen molar-refractivity contribution in [2.45, 2.75) is 44.1 Å². The van der Waals surface area contributed by atoms with Crippen LogP contribution in [-0.2, 0) is 11.8 Å². The Labute approximate surface area is 153 Å². The number of pyridine rings is 1. The van der Waals surface area contributed by atoms with E-state index < -0.39 is 0 Å². The van der Waals surface area contributed by atoms with Gasteiger partial charge in [-0.15, -0.1) is 0 Å². The molecule has 0 atom stereocenters. The Morgan fingerprint density at radius 3 is 2.58 bits per heavy atom. The minimum atomic E-state index is -0.0842. The highest BCUT2D eigenvalue weighted by Gasteiger charge is 2.38. The van der Waals surface area contributed by atoms with Crippen molar-refractivity contribution < 1.29 is 4.74 Å². The number of morpholine rings is 1. The van der Waals surface area contributed by atoms with Gasteiger partial charge >= 0.3 is 0 Å². The van der Waals surface area contributed by atoms with Gasteiger partial charge in [-0.25, -0.2) is 4.98 Å². The Hall–Kier alpha value is -2.21. The maximum Gasteiger partial charge on any atom is 0.255 e. The third-order valence-electron chi connectivity index (χ3n) is 5.63. The summed E-state index contributed by atoms with van der Waals surface area (Å²) in [7, 11) is 1.80. The van der Waals surface area contributed by atoms with Gasteiger partial charge in [0.05, 0.1) is 17.9 Å². The normalized spacial score (nSPS) is 20.1. The van der Waals surface area contributed by atoms with E-state index in [9.17, 15) is 4.79 Å². The van der Waals surface area contributed by atoms with Crippen LogP contribution >= 0.6 is 0 Å². The Morgan fingerprint density at radius 2 is 1.85 bits per heavy atom. The Bertz CT molecular complexity index is 810. The molecule has 1 saturated carbocycles. The van der Waals surface area contributed by atoms with Gasteiger partial charge in [0.2, 0.25) is 5.95 Å². The maximum atomic E-state index is 12.5. The number of hydrogen-bond acceptors (Lipinski definition) is 5. The molecule has 6 heteroatoms. The zero-order chi connectivity index (χ0) is 18.0. The molecule has 2 aromatic heterocycles. The molecule has 1 aliphatic heterocycles. The van der Waals surface area contributed by atoms with E-state index in [-0.39, 0.29) is 11.2 Å². The molecule has 0 N–H and O–H groups in total. The first kappa shape index (κ1) is 17.2. The summed E-state index contributed by atoms with van der Waals surface area (Å²) in [5, 5.41) is 0. The average molecular weight is 354 g/mol. The fourth-order valence-corrected chi connectivity index (χ4v) is 4.17. The highest BCUT2D eigenvalue weighted by molar-refractivity contribution is 5.59. The van der Waals surface area contributed by atoms with Crippen LogP contribution in [0.4, 0.5) is 5.95 Å². The second-order valence-electron chi connectivity index (χ2n) is 7.44. The van der Waals surface area contributed by atoms with Crippen LogP contribution < -0.4 is 10.5 Å². The third kappa shape index (κ3) is 3.38. The number of nitrogens with zero attached hydrogens (tertiary/aromatic N) is 4. The number of anilines is 1. The van der Waals surface area contributed by atoms with Crippen LogP contribution in [0.5, 0.6) is 0 Å². The fourth-order valence-electron chi connectivity index (χ4n) is 4.17. The third-order valence-corrected chi connectivity index (χ3v) is 5.63. The molecular weight excluding hydrogens is 328 g/mol. The summed E-state index contributed by atoms with van der Waals surface area (Å²) >= 11 is 0. The first-order chi connectivity index (χ1) is 12.7. The summed E-state index contributed by atoms with van der Waals surface area (Å²) in [5.41, 5.74) is 1.49. The summed E-state index contributed by atoms with van der Waals surface area (Å²) in [6.45, 7) is 2.27. The second-order valence-corrected chi connectivity index (χ2v) is 7.44. The van der Waals surface area contributed by atoms with Crippen LogP contribution in [0.25, 0.3) is 11.3 Å². The fraction of sp³-hybridized carbons (Fsp3) is 0.550. The van der Waals surface area contributed by atoms with Crippen molar-refractivity contribution in [1.82, 2.24) is 14.5 Å². The molecule has 0 aromatic carbocycles. The SMILES string of the molecule is Cn1c(N2CCOC3(CCCCCC3)C2)nc(-c2ccncc2)cc1=O. The van der Waals surface area contributed by atoms with Crippen molar-refractivity contribution in [1.29, 1.82) is 0 Å². The van der Waals surface area contributed by atoms with Gasteiger partial charge in [0.1, 0.15) is 0 Å². The lowest BCUT2D eigenvalue weighted by atomic mass is 9.92. The van der Waals surface area contributed by atoms with Crippen LogP contribution in [0.2, 0.25) is 0 Å². The van der Waals surface area contributed by atoms with E-state index in [1.807, 2.05) is 12.1 Å². The minimum absolute atomic E-state index is 0.0387. The zero-order valence-corrected chi connectivity index (χ0v) is 15.4. The van der Waals surface area contributed by atoms with E-state index >= 15 is 0 Å². The molecule has 2 fully saturated rings. The van der Waals surface area contributed by atoms with Crippen LogP contribution in [-0.4, -0.2) is 39.8 Å². The highest BCUT2D eigenvalue weighted by atomic mass is 16.5. The number of hydrogen-bond donors (Lipinski definition) is 0. The molecule has 4 rings (SSSR count). The molecule has 1 aliphatic carbocycles. The quantitative estimate of drug-likeness (QED) is 0.830. The van der Waals surface area contributed by atoms with Gasteiger partial charge in [0, 0.05) is 44.2 Å². The lowest BCUT2D eigenvalue weighted by Crippen LogP contribution is -2.53. The molecule has 2 aliphatic rings. The summed E-state index contributed by atoms with van der Waals surface area (Å²) in [5.74, 6) is 0.733.